The van der Waals surface area contributed by atoms with Gasteiger partial charge in [-0.3, -0.25) is 0 Å². The number of hydrogen-bond donors (Lipinski definition) is 0. The summed E-state index contributed by atoms with van der Waals surface area (Å²) in [5.74, 6) is 1.88. The smallest absolute Gasteiger partial charge is 0.134 e. The maximum absolute atomic E-state index is 6.02. The zero-order valence-corrected chi connectivity index (χ0v) is 8.27. The zero-order chi connectivity index (χ0) is 8.43. The summed E-state index contributed by atoms with van der Waals surface area (Å²) in [5, 5.41) is 0. The molecule has 0 amide bonds. The third-order valence-corrected chi connectivity index (χ3v) is 3.03. The van der Waals surface area contributed by atoms with E-state index in [2.05, 4.69) is 20.8 Å². The first-order chi connectivity index (χ1) is 5.16. The number of alkyl halides is 1. The van der Waals surface area contributed by atoms with Gasteiger partial charge >= 0.3 is 0 Å². The Morgan fingerprint density at radius 1 is 1.55 bits per heavy atom. The van der Waals surface area contributed by atoms with Crippen LogP contribution in [-0.4, -0.2) is 12.2 Å². The summed E-state index contributed by atoms with van der Waals surface area (Å²) in [5.41, 5.74) is -0.0417. The van der Waals surface area contributed by atoms with E-state index in [1.54, 1.807) is 0 Å². The average molecular weight is 177 g/mol. The highest BCUT2D eigenvalue weighted by atomic mass is 35.5. The van der Waals surface area contributed by atoms with Gasteiger partial charge in [0.1, 0.15) is 5.56 Å². The third-order valence-electron chi connectivity index (χ3n) is 2.61. The van der Waals surface area contributed by atoms with Crippen molar-refractivity contribution in [3.8, 4) is 0 Å². The molecule has 1 nitrogen and oxygen atoms in total. The first-order valence-electron chi connectivity index (χ1n) is 4.42. The molecule has 66 valence electrons. The van der Waals surface area contributed by atoms with Crippen LogP contribution in [0.2, 0.25) is 0 Å². The van der Waals surface area contributed by atoms with Crippen molar-refractivity contribution in [1.29, 1.82) is 0 Å². The van der Waals surface area contributed by atoms with E-state index in [1.165, 1.54) is 6.42 Å². The molecule has 0 saturated carbocycles. The SMILES string of the molecule is CCC1COC(Cl)C1C(C)C. The van der Waals surface area contributed by atoms with Gasteiger partial charge in [-0.05, 0) is 11.8 Å². The molecule has 1 fully saturated rings. The number of rotatable bonds is 2. The van der Waals surface area contributed by atoms with Crippen LogP contribution in [0.3, 0.4) is 0 Å². The van der Waals surface area contributed by atoms with E-state index < -0.39 is 0 Å². The molecule has 0 N–H and O–H groups in total. The lowest BCUT2D eigenvalue weighted by Gasteiger charge is -2.21. The predicted molar refractivity (Wildman–Crippen MR) is 47.7 cm³/mol. The monoisotopic (exact) mass is 176 g/mol. The second-order valence-electron chi connectivity index (χ2n) is 3.67. The van der Waals surface area contributed by atoms with Crippen molar-refractivity contribution >= 4 is 11.6 Å². The van der Waals surface area contributed by atoms with Crippen LogP contribution in [-0.2, 0) is 4.74 Å². The van der Waals surface area contributed by atoms with Crippen molar-refractivity contribution in [2.24, 2.45) is 17.8 Å². The molecule has 0 aromatic heterocycles. The van der Waals surface area contributed by atoms with E-state index in [-0.39, 0.29) is 5.56 Å². The van der Waals surface area contributed by atoms with Gasteiger partial charge in [0.25, 0.3) is 0 Å². The molecule has 0 radical (unpaired) electrons. The van der Waals surface area contributed by atoms with Gasteiger partial charge in [-0.15, -0.1) is 0 Å². The van der Waals surface area contributed by atoms with E-state index in [1.807, 2.05) is 0 Å². The lowest BCUT2D eigenvalue weighted by atomic mass is 9.84. The summed E-state index contributed by atoms with van der Waals surface area (Å²) in [6.07, 6.45) is 1.19. The van der Waals surface area contributed by atoms with Crippen molar-refractivity contribution in [2.45, 2.75) is 32.8 Å². The Morgan fingerprint density at radius 3 is 2.55 bits per heavy atom. The van der Waals surface area contributed by atoms with Gasteiger partial charge in [0, 0.05) is 5.92 Å². The molecule has 1 heterocycles. The molecule has 3 unspecified atom stereocenters. The Hall–Kier alpha value is 0.250. The van der Waals surface area contributed by atoms with Gasteiger partial charge in [0.2, 0.25) is 0 Å². The first-order valence-corrected chi connectivity index (χ1v) is 4.86. The van der Waals surface area contributed by atoms with E-state index >= 15 is 0 Å². The molecule has 1 saturated heterocycles. The van der Waals surface area contributed by atoms with Crippen LogP contribution in [0.5, 0.6) is 0 Å². The molecule has 0 aliphatic carbocycles. The number of halogens is 1. The molecule has 11 heavy (non-hydrogen) atoms. The molecule has 0 spiro atoms. The van der Waals surface area contributed by atoms with Gasteiger partial charge in [-0.25, -0.2) is 0 Å². The van der Waals surface area contributed by atoms with Gasteiger partial charge in [0.15, 0.2) is 0 Å². The Bertz CT molecular complexity index is 125. The zero-order valence-electron chi connectivity index (χ0n) is 7.51. The topological polar surface area (TPSA) is 9.23 Å². The predicted octanol–water partition coefficient (Wildman–Crippen LogP) is 2.88. The van der Waals surface area contributed by atoms with E-state index in [4.69, 9.17) is 16.3 Å². The summed E-state index contributed by atoms with van der Waals surface area (Å²) in [4.78, 5) is 0. The quantitative estimate of drug-likeness (QED) is 0.588. The second kappa shape index (κ2) is 3.77. The van der Waals surface area contributed by atoms with Gasteiger partial charge in [-0.1, -0.05) is 38.8 Å². The number of hydrogen-bond acceptors (Lipinski definition) is 1. The first kappa shape index (κ1) is 9.34. The fraction of sp³-hybridized carbons (Fsp3) is 1.00. The maximum Gasteiger partial charge on any atom is 0.134 e. The van der Waals surface area contributed by atoms with Crippen LogP contribution in [0, 0.1) is 17.8 Å². The highest BCUT2D eigenvalue weighted by Crippen LogP contribution is 2.36. The molecule has 0 bridgehead atoms. The summed E-state index contributed by atoms with van der Waals surface area (Å²) in [7, 11) is 0. The Labute approximate surface area is 74.1 Å². The molecular weight excluding hydrogens is 160 g/mol. The Kier molecular flexibility index (Phi) is 3.20. The van der Waals surface area contributed by atoms with Crippen LogP contribution < -0.4 is 0 Å². The molecular formula is C9H17ClO. The minimum absolute atomic E-state index is 0.0417. The lowest BCUT2D eigenvalue weighted by Crippen LogP contribution is -2.21. The Balaban J connectivity index is 2.56. The molecule has 0 aromatic carbocycles. The van der Waals surface area contributed by atoms with Crippen molar-refractivity contribution < 1.29 is 4.74 Å². The molecule has 1 rings (SSSR count). The van der Waals surface area contributed by atoms with Gasteiger partial charge < -0.3 is 4.74 Å². The summed E-state index contributed by atoms with van der Waals surface area (Å²) in [6.45, 7) is 7.50. The van der Waals surface area contributed by atoms with Crippen molar-refractivity contribution in [1.82, 2.24) is 0 Å². The van der Waals surface area contributed by atoms with Gasteiger partial charge in [-0.2, -0.15) is 0 Å². The fourth-order valence-electron chi connectivity index (χ4n) is 1.89. The fourth-order valence-corrected chi connectivity index (χ4v) is 2.46. The van der Waals surface area contributed by atoms with Crippen LogP contribution in [0.1, 0.15) is 27.2 Å². The van der Waals surface area contributed by atoms with Crippen LogP contribution in [0.25, 0.3) is 0 Å². The second-order valence-corrected chi connectivity index (χ2v) is 4.10. The van der Waals surface area contributed by atoms with Crippen molar-refractivity contribution in [2.75, 3.05) is 6.61 Å². The summed E-state index contributed by atoms with van der Waals surface area (Å²) in [6, 6.07) is 0. The van der Waals surface area contributed by atoms with Crippen LogP contribution in [0.4, 0.5) is 0 Å². The van der Waals surface area contributed by atoms with Gasteiger partial charge in [0.05, 0.1) is 6.61 Å². The third kappa shape index (κ3) is 1.88. The maximum atomic E-state index is 6.02. The standard InChI is InChI=1S/C9H17ClO/c1-4-7-5-11-9(10)8(7)6(2)3/h6-9H,4-5H2,1-3H3. The minimum atomic E-state index is -0.0417. The normalized spacial score (nSPS) is 38.5. The highest BCUT2D eigenvalue weighted by Gasteiger charge is 2.36. The van der Waals surface area contributed by atoms with Crippen molar-refractivity contribution in [3.63, 3.8) is 0 Å². The highest BCUT2D eigenvalue weighted by molar-refractivity contribution is 6.20. The van der Waals surface area contributed by atoms with E-state index in [9.17, 15) is 0 Å². The van der Waals surface area contributed by atoms with Crippen LogP contribution in [0.15, 0.2) is 0 Å². The largest absolute Gasteiger partial charge is 0.362 e. The van der Waals surface area contributed by atoms with Crippen LogP contribution >= 0.6 is 11.6 Å². The summed E-state index contributed by atoms with van der Waals surface area (Å²) < 4.78 is 5.40. The summed E-state index contributed by atoms with van der Waals surface area (Å²) >= 11 is 6.02. The van der Waals surface area contributed by atoms with E-state index in [0.717, 1.165) is 6.61 Å². The van der Waals surface area contributed by atoms with Crippen molar-refractivity contribution in [3.05, 3.63) is 0 Å². The minimum Gasteiger partial charge on any atom is -0.362 e. The van der Waals surface area contributed by atoms with E-state index in [0.29, 0.717) is 17.8 Å². The molecule has 0 aromatic rings. The lowest BCUT2D eigenvalue weighted by molar-refractivity contribution is 0.142. The average Bonchev–Trinajstić information content (AvgIpc) is 2.30. The molecule has 1 aliphatic rings. The molecule has 2 heteroatoms. The molecule has 1 aliphatic heterocycles. The molecule has 3 atom stereocenters. The number of ether oxygens (including phenoxy) is 1. The Morgan fingerprint density at radius 2 is 2.18 bits per heavy atom.